The molecular formula is C21H22N6O2S. The van der Waals surface area contributed by atoms with Gasteiger partial charge in [-0.2, -0.15) is 0 Å². The molecule has 0 spiro atoms. The second kappa shape index (κ2) is 9.08. The molecular weight excluding hydrogens is 400 g/mol. The maximum absolute atomic E-state index is 12.9. The van der Waals surface area contributed by atoms with E-state index in [1.54, 1.807) is 19.3 Å². The summed E-state index contributed by atoms with van der Waals surface area (Å²) in [5.74, 6) is 0.342. The fourth-order valence-electron chi connectivity index (χ4n) is 3.10. The molecule has 0 saturated heterocycles. The van der Waals surface area contributed by atoms with E-state index < -0.39 is 17.2 Å². The van der Waals surface area contributed by atoms with Crippen molar-refractivity contribution in [3.63, 3.8) is 0 Å². The molecule has 0 aliphatic heterocycles. The highest BCUT2D eigenvalue weighted by atomic mass is 32.2. The van der Waals surface area contributed by atoms with Gasteiger partial charge in [0.25, 0.3) is 0 Å². The number of imide groups is 1. The van der Waals surface area contributed by atoms with Crippen LogP contribution in [0, 0.1) is 0 Å². The molecule has 2 aromatic heterocycles. The van der Waals surface area contributed by atoms with Crippen LogP contribution in [0.1, 0.15) is 36.6 Å². The van der Waals surface area contributed by atoms with E-state index in [1.807, 2.05) is 42.5 Å². The average molecular weight is 423 g/mol. The summed E-state index contributed by atoms with van der Waals surface area (Å²) >= 11 is 1.30. The van der Waals surface area contributed by atoms with Gasteiger partial charge in [-0.25, -0.2) is 4.79 Å². The molecule has 1 atom stereocenters. The van der Waals surface area contributed by atoms with Crippen LogP contribution < -0.4 is 10.6 Å². The summed E-state index contributed by atoms with van der Waals surface area (Å²) < 4.78 is 2.08. The van der Waals surface area contributed by atoms with Gasteiger partial charge in [0.05, 0.1) is 0 Å². The molecule has 0 bridgehead atoms. The van der Waals surface area contributed by atoms with Gasteiger partial charge in [0.15, 0.2) is 11.0 Å². The number of nitrogens with one attached hydrogen (secondary N) is 2. The molecule has 1 aromatic carbocycles. The SMILES string of the molecule is CCNC(=O)NC(=O)[C@H](Sc1nnc(-c2cccnc2)n1C1CC1)c1ccccc1. The van der Waals surface area contributed by atoms with Crippen molar-refractivity contribution in [3.8, 4) is 11.4 Å². The number of hydrogen-bond acceptors (Lipinski definition) is 6. The van der Waals surface area contributed by atoms with E-state index in [1.165, 1.54) is 11.8 Å². The van der Waals surface area contributed by atoms with Crippen molar-refractivity contribution in [1.29, 1.82) is 0 Å². The van der Waals surface area contributed by atoms with E-state index in [4.69, 9.17) is 0 Å². The number of nitrogens with zero attached hydrogens (tertiary/aromatic N) is 4. The van der Waals surface area contributed by atoms with Crippen molar-refractivity contribution in [2.24, 2.45) is 0 Å². The third kappa shape index (κ3) is 4.51. The predicted molar refractivity (Wildman–Crippen MR) is 114 cm³/mol. The number of benzene rings is 1. The highest BCUT2D eigenvalue weighted by molar-refractivity contribution is 8.00. The highest BCUT2D eigenvalue weighted by Gasteiger charge is 2.33. The van der Waals surface area contributed by atoms with Crippen LogP contribution in [0.3, 0.4) is 0 Å². The van der Waals surface area contributed by atoms with Crippen molar-refractivity contribution in [2.45, 2.75) is 36.2 Å². The number of amides is 3. The van der Waals surface area contributed by atoms with Gasteiger partial charge in [-0.1, -0.05) is 42.1 Å². The number of urea groups is 1. The molecule has 2 N–H and O–H groups in total. The number of carbonyl (C=O) groups is 2. The van der Waals surface area contributed by atoms with E-state index in [9.17, 15) is 9.59 Å². The first-order valence-electron chi connectivity index (χ1n) is 9.83. The van der Waals surface area contributed by atoms with Gasteiger partial charge in [-0.05, 0) is 37.5 Å². The zero-order chi connectivity index (χ0) is 20.9. The Morgan fingerprint density at radius 1 is 1.17 bits per heavy atom. The van der Waals surface area contributed by atoms with Crippen molar-refractivity contribution >= 4 is 23.7 Å². The minimum absolute atomic E-state index is 0.306. The molecule has 8 nitrogen and oxygen atoms in total. The monoisotopic (exact) mass is 422 g/mol. The van der Waals surface area contributed by atoms with Crippen LogP contribution in [0.15, 0.2) is 60.0 Å². The minimum atomic E-state index is -0.641. The largest absolute Gasteiger partial charge is 0.338 e. The molecule has 1 aliphatic carbocycles. The third-order valence-electron chi connectivity index (χ3n) is 4.63. The van der Waals surface area contributed by atoms with Gasteiger partial charge in [0.2, 0.25) is 5.91 Å². The topological polar surface area (TPSA) is 102 Å². The molecule has 1 aliphatic rings. The Bertz CT molecular complexity index is 1020. The predicted octanol–water partition coefficient (Wildman–Crippen LogP) is 3.35. The summed E-state index contributed by atoms with van der Waals surface area (Å²) in [5.41, 5.74) is 1.67. The molecule has 0 radical (unpaired) electrons. The summed E-state index contributed by atoms with van der Waals surface area (Å²) in [6.45, 7) is 2.23. The molecule has 2 heterocycles. The number of aromatic nitrogens is 4. The molecule has 3 amide bonds. The third-order valence-corrected chi connectivity index (χ3v) is 5.85. The van der Waals surface area contributed by atoms with Gasteiger partial charge in [0.1, 0.15) is 5.25 Å². The Morgan fingerprint density at radius 2 is 1.97 bits per heavy atom. The van der Waals surface area contributed by atoms with Crippen LogP contribution in [0.25, 0.3) is 11.4 Å². The van der Waals surface area contributed by atoms with Gasteiger partial charge in [-0.15, -0.1) is 10.2 Å². The first-order valence-corrected chi connectivity index (χ1v) is 10.7. The Balaban J connectivity index is 1.66. The van der Waals surface area contributed by atoms with Crippen LogP contribution in [0.2, 0.25) is 0 Å². The summed E-state index contributed by atoms with van der Waals surface area (Å²) in [6, 6.07) is 13.0. The first kappa shape index (κ1) is 20.1. The molecule has 154 valence electrons. The first-order chi connectivity index (χ1) is 14.7. The van der Waals surface area contributed by atoms with Crippen LogP contribution >= 0.6 is 11.8 Å². The second-order valence-corrected chi connectivity index (χ2v) is 7.98. The van der Waals surface area contributed by atoms with Gasteiger partial charge in [-0.3, -0.25) is 19.7 Å². The van der Waals surface area contributed by atoms with Crippen molar-refractivity contribution in [2.75, 3.05) is 6.54 Å². The Morgan fingerprint density at radius 3 is 2.63 bits per heavy atom. The summed E-state index contributed by atoms with van der Waals surface area (Å²) in [7, 11) is 0. The number of hydrogen-bond donors (Lipinski definition) is 2. The fraction of sp³-hybridized carbons (Fsp3) is 0.286. The van der Waals surface area contributed by atoms with E-state index in [0.29, 0.717) is 17.7 Å². The molecule has 30 heavy (non-hydrogen) atoms. The quantitative estimate of drug-likeness (QED) is 0.566. The maximum atomic E-state index is 12.9. The van der Waals surface area contributed by atoms with E-state index >= 15 is 0 Å². The summed E-state index contributed by atoms with van der Waals surface area (Å²) in [6.07, 6.45) is 5.56. The molecule has 4 rings (SSSR count). The van der Waals surface area contributed by atoms with Gasteiger partial charge < -0.3 is 5.32 Å². The Kier molecular flexibility index (Phi) is 6.08. The van der Waals surface area contributed by atoms with Crippen LogP contribution in [-0.2, 0) is 4.79 Å². The number of rotatable bonds is 7. The molecule has 9 heteroatoms. The standard InChI is InChI=1S/C21H22N6O2S/c1-2-23-20(29)24-19(28)17(14-7-4-3-5-8-14)30-21-26-25-18(27(21)16-10-11-16)15-9-6-12-22-13-15/h3-9,12-13,16-17H,2,10-11H2,1H3,(H2,23,24,28,29)/t17-/m1/s1. The van der Waals surface area contributed by atoms with E-state index in [-0.39, 0.29) is 0 Å². The normalized spacial score (nSPS) is 14.2. The van der Waals surface area contributed by atoms with Crippen molar-refractivity contribution < 1.29 is 9.59 Å². The minimum Gasteiger partial charge on any atom is -0.338 e. The molecule has 0 unspecified atom stereocenters. The van der Waals surface area contributed by atoms with Crippen molar-refractivity contribution in [1.82, 2.24) is 30.4 Å². The highest BCUT2D eigenvalue weighted by Crippen LogP contribution is 2.44. The lowest BCUT2D eigenvalue weighted by Gasteiger charge is -2.17. The van der Waals surface area contributed by atoms with Crippen LogP contribution in [0.4, 0.5) is 4.79 Å². The molecule has 1 saturated carbocycles. The number of pyridine rings is 1. The van der Waals surface area contributed by atoms with Crippen molar-refractivity contribution in [3.05, 3.63) is 60.4 Å². The maximum Gasteiger partial charge on any atom is 0.321 e. The van der Waals surface area contributed by atoms with Gasteiger partial charge >= 0.3 is 6.03 Å². The lowest BCUT2D eigenvalue weighted by molar-refractivity contribution is -0.119. The molecule has 3 aromatic rings. The Labute approximate surface area is 178 Å². The fourth-order valence-corrected chi connectivity index (χ4v) is 4.21. The summed E-state index contributed by atoms with van der Waals surface area (Å²) in [4.78, 5) is 29.1. The number of thioether (sulfide) groups is 1. The zero-order valence-corrected chi connectivity index (χ0v) is 17.3. The van der Waals surface area contributed by atoms with Crippen LogP contribution in [-0.4, -0.2) is 38.2 Å². The number of carbonyl (C=O) groups excluding carboxylic acids is 2. The van der Waals surface area contributed by atoms with Crippen LogP contribution in [0.5, 0.6) is 0 Å². The van der Waals surface area contributed by atoms with Gasteiger partial charge in [0, 0.05) is 30.5 Å². The average Bonchev–Trinajstić information content (AvgIpc) is 3.52. The van der Waals surface area contributed by atoms with E-state index in [2.05, 4.69) is 30.4 Å². The van der Waals surface area contributed by atoms with E-state index in [0.717, 1.165) is 29.8 Å². The smallest absolute Gasteiger partial charge is 0.321 e. The molecule has 1 fully saturated rings. The summed E-state index contributed by atoms with van der Waals surface area (Å²) in [5, 5.41) is 13.8. The lowest BCUT2D eigenvalue weighted by Crippen LogP contribution is -2.41. The Hall–Kier alpha value is -3.20. The second-order valence-electron chi connectivity index (χ2n) is 6.91. The lowest BCUT2D eigenvalue weighted by atomic mass is 10.1. The zero-order valence-electron chi connectivity index (χ0n) is 16.5.